The third-order valence-electron chi connectivity index (χ3n) is 3.92. The van der Waals surface area contributed by atoms with Gasteiger partial charge in [-0.15, -0.1) is 4.83 Å². The Morgan fingerprint density at radius 1 is 1.08 bits per heavy atom. The zero-order chi connectivity index (χ0) is 18.2. The van der Waals surface area contributed by atoms with Crippen LogP contribution in [0.25, 0.3) is 0 Å². The summed E-state index contributed by atoms with van der Waals surface area (Å²) in [5.74, 6) is -0.401. The van der Waals surface area contributed by atoms with E-state index in [-0.39, 0.29) is 0 Å². The normalized spacial score (nSPS) is 17.0. The fraction of sp³-hybridized carbons (Fsp3) is 0.235. The predicted molar refractivity (Wildman–Crippen MR) is 97.7 cm³/mol. The lowest BCUT2D eigenvalue weighted by atomic mass is 10.0. The molecule has 3 rings (SSSR count). The summed E-state index contributed by atoms with van der Waals surface area (Å²) >= 11 is 0. The number of para-hydroxylation sites is 1. The molecule has 2 N–H and O–H groups in total. The third kappa shape index (κ3) is 3.59. The molecule has 2 aromatic carbocycles. The van der Waals surface area contributed by atoms with Gasteiger partial charge in [0.1, 0.15) is 6.17 Å². The highest BCUT2D eigenvalue weighted by molar-refractivity contribution is 7.88. The van der Waals surface area contributed by atoms with Gasteiger partial charge in [-0.3, -0.25) is 4.79 Å². The molecule has 1 heterocycles. The largest absolute Gasteiger partial charge is 0.378 e. The lowest BCUT2D eigenvalue weighted by molar-refractivity contribution is 0.0633. The molecule has 25 heavy (non-hydrogen) atoms. The van der Waals surface area contributed by atoms with E-state index in [1.165, 1.54) is 0 Å². The average Bonchev–Trinajstić information content (AvgIpc) is 2.56. The van der Waals surface area contributed by atoms with Crippen molar-refractivity contribution in [3.05, 3.63) is 59.7 Å². The molecule has 0 saturated carbocycles. The molecule has 1 aliphatic heterocycles. The number of carbonyl (C=O) groups is 1. The van der Waals surface area contributed by atoms with Crippen molar-refractivity contribution >= 4 is 27.3 Å². The summed E-state index contributed by atoms with van der Waals surface area (Å²) < 4.78 is 23.5. The fourth-order valence-electron chi connectivity index (χ4n) is 2.71. The maximum Gasteiger partial charge on any atom is 0.273 e. The van der Waals surface area contributed by atoms with Crippen LogP contribution in [0.3, 0.4) is 0 Å². The monoisotopic (exact) mass is 360 g/mol. The third-order valence-corrected chi connectivity index (χ3v) is 4.44. The van der Waals surface area contributed by atoms with Crippen LogP contribution in [0.15, 0.2) is 48.5 Å². The Bertz CT molecular complexity index is 894. The molecule has 0 aromatic heterocycles. The second kappa shape index (κ2) is 6.38. The zero-order valence-electron chi connectivity index (χ0n) is 14.2. The van der Waals surface area contributed by atoms with Crippen molar-refractivity contribution in [3.8, 4) is 0 Å². The molecule has 1 atom stereocenters. The van der Waals surface area contributed by atoms with E-state index in [0.717, 1.165) is 22.5 Å². The number of anilines is 2. The zero-order valence-corrected chi connectivity index (χ0v) is 15.0. The number of nitrogens with one attached hydrogen (secondary N) is 2. The van der Waals surface area contributed by atoms with E-state index >= 15 is 0 Å². The molecule has 0 bridgehead atoms. The molecule has 2 aromatic rings. The van der Waals surface area contributed by atoms with Gasteiger partial charge in [-0.1, -0.05) is 24.3 Å². The minimum atomic E-state index is -3.61. The highest BCUT2D eigenvalue weighted by Gasteiger charge is 2.34. The van der Waals surface area contributed by atoms with Gasteiger partial charge < -0.3 is 10.2 Å². The van der Waals surface area contributed by atoms with E-state index in [9.17, 15) is 13.2 Å². The first-order valence-corrected chi connectivity index (χ1v) is 9.59. The van der Waals surface area contributed by atoms with Gasteiger partial charge in [-0.2, -0.15) is 0 Å². The molecular weight excluding hydrogens is 340 g/mol. The molecule has 132 valence electrons. The van der Waals surface area contributed by atoms with Gasteiger partial charge in [0.05, 0.1) is 11.8 Å². The Balaban J connectivity index is 2.03. The van der Waals surface area contributed by atoms with E-state index in [1.54, 1.807) is 18.2 Å². The van der Waals surface area contributed by atoms with Gasteiger partial charge in [0.25, 0.3) is 5.91 Å². The van der Waals surface area contributed by atoms with Gasteiger partial charge in [0.2, 0.25) is 10.0 Å². The highest BCUT2D eigenvalue weighted by Crippen LogP contribution is 2.32. The number of hydrazine groups is 1. The average molecular weight is 360 g/mol. The van der Waals surface area contributed by atoms with Gasteiger partial charge >= 0.3 is 0 Å². The number of carbonyl (C=O) groups excluding carboxylic acids is 1. The summed E-state index contributed by atoms with van der Waals surface area (Å²) in [7, 11) is 0.256. The number of amides is 1. The summed E-state index contributed by atoms with van der Waals surface area (Å²) in [5.41, 5.74) is 2.86. The van der Waals surface area contributed by atoms with Crippen molar-refractivity contribution in [2.24, 2.45) is 0 Å². The first-order valence-electron chi connectivity index (χ1n) is 7.70. The summed E-state index contributed by atoms with van der Waals surface area (Å²) in [6.45, 7) is 0. The standard InChI is InChI=1S/C17H20N4O3S/c1-20(2)13-10-8-12(9-11-13)16-18-15-7-5-4-6-14(15)17(22)21(16)19-25(3,23)24/h4-11,16,18-19H,1-3H3/t16-/m0/s1. The van der Waals surface area contributed by atoms with Crippen LogP contribution in [-0.4, -0.2) is 39.7 Å². The van der Waals surface area contributed by atoms with Gasteiger partial charge in [-0.25, -0.2) is 13.4 Å². The van der Waals surface area contributed by atoms with E-state index in [2.05, 4.69) is 10.1 Å². The molecule has 0 spiro atoms. The smallest absolute Gasteiger partial charge is 0.273 e. The highest BCUT2D eigenvalue weighted by atomic mass is 32.2. The van der Waals surface area contributed by atoms with Gasteiger partial charge in [0, 0.05) is 25.5 Å². The number of benzene rings is 2. The number of fused-ring (bicyclic) bond motifs is 1. The molecule has 1 aliphatic rings. The van der Waals surface area contributed by atoms with Crippen molar-refractivity contribution in [2.75, 3.05) is 30.6 Å². The molecule has 0 saturated heterocycles. The van der Waals surface area contributed by atoms with Crippen molar-refractivity contribution in [3.63, 3.8) is 0 Å². The minimum Gasteiger partial charge on any atom is -0.378 e. The number of rotatable bonds is 4. The van der Waals surface area contributed by atoms with Crippen LogP contribution < -0.4 is 15.0 Å². The summed E-state index contributed by atoms with van der Waals surface area (Å²) in [5, 5.41) is 4.34. The second-order valence-corrected chi connectivity index (χ2v) is 7.84. The molecule has 7 nitrogen and oxygen atoms in total. The van der Waals surface area contributed by atoms with Crippen LogP contribution in [0, 0.1) is 0 Å². The van der Waals surface area contributed by atoms with E-state index < -0.39 is 22.1 Å². The number of hydrogen-bond acceptors (Lipinski definition) is 5. The van der Waals surface area contributed by atoms with E-state index in [1.807, 2.05) is 49.3 Å². The Kier molecular flexibility index (Phi) is 4.40. The molecular formula is C17H20N4O3S. The van der Waals surface area contributed by atoms with Crippen LogP contribution in [0.2, 0.25) is 0 Å². The molecule has 0 unspecified atom stereocenters. The van der Waals surface area contributed by atoms with Crippen LogP contribution in [0.4, 0.5) is 11.4 Å². The Labute approximate surface area is 147 Å². The Hall–Kier alpha value is -2.58. The van der Waals surface area contributed by atoms with Crippen molar-refractivity contribution < 1.29 is 13.2 Å². The summed E-state index contributed by atoms with van der Waals surface area (Å²) in [6.07, 6.45) is 0.376. The number of hydrogen-bond donors (Lipinski definition) is 2. The first-order chi connectivity index (χ1) is 11.8. The lowest BCUT2D eigenvalue weighted by Gasteiger charge is -2.37. The van der Waals surface area contributed by atoms with Crippen LogP contribution in [0.5, 0.6) is 0 Å². The Morgan fingerprint density at radius 2 is 1.72 bits per heavy atom. The summed E-state index contributed by atoms with van der Waals surface area (Å²) in [6, 6.07) is 14.6. The summed E-state index contributed by atoms with van der Waals surface area (Å²) in [4.78, 5) is 17.1. The quantitative estimate of drug-likeness (QED) is 0.869. The maximum atomic E-state index is 12.8. The molecule has 8 heteroatoms. The lowest BCUT2D eigenvalue weighted by Crippen LogP contribution is -2.52. The van der Waals surface area contributed by atoms with Crippen molar-refractivity contribution in [2.45, 2.75) is 6.17 Å². The van der Waals surface area contributed by atoms with Crippen LogP contribution in [-0.2, 0) is 10.0 Å². The number of nitrogens with zero attached hydrogens (tertiary/aromatic N) is 2. The Morgan fingerprint density at radius 3 is 2.32 bits per heavy atom. The molecule has 0 fully saturated rings. The maximum absolute atomic E-state index is 12.8. The van der Waals surface area contributed by atoms with Crippen molar-refractivity contribution in [1.82, 2.24) is 9.84 Å². The van der Waals surface area contributed by atoms with Crippen molar-refractivity contribution in [1.29, 1.82) is 0 Å². The van der Waals surface area contributed by atoms with E-state index in [0.29, 0.717) is 11.3 Å². The van der Waals surface area contributed by atoms with Gasteiger partial charge in [-0.05, 0) is 29.8 Å². The molecule has 1 amide bonds. The second-order valence-electron chi connectivity index (χ2n) is 6.12. The van der Waals surface area contributed by atoms with Gasteiger partial charge in [0.15, 0.2) is 0 Å². The molecule has 0 radical (unpaired) electrons. The fourth-order valence-corrected chi connectivity index (χ4v) is 3.26. The van der Waals surface area contributed by atoms with Crippen LogP contribution >= 0.6 is 0 Å². The number of sulfonamides is 1. The first kappa shape index (κ1) is 17.2. The molecule has 0 aliphatic carbocycles. The predicted octanol–water partition coefficient (Wildman–Crippen LogP) is 1.78. The minimum absolute atomic E-state index is 0.401. The van der Waals surface area contributed by atoms with Crippen LogP contribution in [0.1, 0.15) is 22.1 Å². The topological polar surface area (TPSA) is 81.8 Å². The van der Waals surface area contributed by atoms with E-state index in [4.69, 9.17) is 0 Å². The SMILES string of the molecule is CN(C)c1ccc([C@H]2Nc3ccccc3C(=O)N2NS(C)(=O)=O)cc1.